The molecule has 2 aliphatic rings. The number of hydrogen-bond donors (Lipinski definition) is 0. The summed E-state index contributed by atoms with van der Waals surface area (Å²) in [4.78, 5) is 5.03. The van der Waals surface area contributed by atoms with Crippen molar-refractivity contribution in [2.45, 2.75) is 29.8 Å². The summed E-state index contributed by atoms with van der Waals surface area (Å²) in [6.07, 6.45) is 2.21. The number of likely N-dealkylation sites (N-methyl/N-ethyl adjacent to an activating group) is 1. The van der Waals surface area contributed by atoms with Gasteiger partial charge in [-0.15, -0.1) is 11.8 Å². The monoisotopic (exact) mass is 277 g/mol. The van der Waals surface area contributed by atoms with Crippen LogP contribution in [0.2, 0.25) is 0 Å². The van der Waals surface area contributed by atoms with Crippen molar-refractivity contribution in [1.82, 2.24) is 14.4 Å². The summed E-state index contributed by atoms with van der Waals surface area (Å²) in [5.41, 5.74) is 1.39. The van der Waals surface area contributed by atoms with E-state index >= 15 is 0 Å². The topological polar surface area (TPSA) is 11.4 Å². The predicted molar refractivity (Wildman–Crippen MR) is 81.7 cm³/mol. The van der Waals surface area contributed by atoms with E-state index in [0.29, 0.717) is 11.3 Å². The van der Waals surface area contributed by atoms with Gasteiger partial charge in [0.2, 0.25) is 0 Å². The average Bonchev–Trinajstić information content (AvgIpc) is 2.79. The van der Waals surface area contributed by atoms with Crippen LogP contribution in [0.5, 0.6) is 0 Å². The summed E-state index contributed by atoms with van der Waals surface area (Å²) in [5.74, 6) is 0. The first-order valence-corrected chi connectivity index (χ1v) is 7.96. The van der Waals surface area contributed by atoms with Crippen molar-refractivity contribution in [3.8, 4) is 0 Å². The van der Waals surface area contributed by atoms with Gasteiger partial charge < -0.3 is 9.47 Å². The fraction of sp³-hybridized carbons (Fsp3) is 0.600. The van der Waals surface area contributed by atoms with Crippen LogP contribution in [0.15, 0.2) is 35.5 Å². The third-order valence-electron chi connectivity index (χ3n) is 4.38. The molecule has 0 aromatic carbocycles. The lowest BCUT2D eigenvalue weighted by atomic mass is 10.0. The van der Waals surface area contributed by atoms with Gasteiger partial charge in [0, 0.05) is 50.2 Å². The molecule has 0 N–H and O–H groups in total. The van der Waals surface area contributed by atoms with Crippen molar-refractivity contribution in [2.75, 3.05) is 33.2 Å². The quantitative estimate of drug-likeness (QED) is 0.729. The lowest BCUT2D eigenvalue weighted by Gasteiger charge is -2.39. The lowest BCUT2D eigenvalue weighted by Crippen LogP contribution is -2.51. The molecule has 2 atom stereocenters. The van der Waals surface area contributed by atoms with Crippen molar-refractivity contribution < 1.29 is 0 Å². The van der Waals surface area contributed by atoms with Gasteiger partial charge in [0.05, 0.1) is 5.03 Å². The zero-order valence-electron chi connectivity index (χ0n) is 11.9. The molecule has 1 saturated heterocycles. The van der Waals surface area contributed by atoms with Gasteiger partial charge in [-0.2, -0.15) is 0 Å². The van der Waals surface area contributed by atoms with E-state index in [0.717, 1.165) is 19.6 Å². The van der Waals surface area contributed by atoms with Gasteiger partial charge in [-0.25, -0.2) is 0 Å². The third-order valence-corrected chi connectivity index (χ3v) is 5.65. The van der Waals surface area contributed by atoms with Gasteiger partial charge in [-0.1, -0.05) is 6.58 Å². The second-order valence-corrected chi connectivity index (χ2v) is 7.05. The zero-order valence-corrected chi connectivity index (χ0v) is 12.7. The van der Waals surface area contributed by atoms with Crippen molar-refractivity contribution in [3.05, 3.63) is 30.5 Å². The van der Waals surface area contributed by atoms with Crippen molar-refractivity contribution in [3.63, 3.8) is 0 Å². The predicted octanol–water partition coefficient (Wildman–Crippen LogP) is 2.15. The van der Waals surface area contributed by atoms with E-state index in [1.54, 1.807) is 0 Å². The summed E-state index contributed by atoms with van der Waals surface area (Å²) in [5, 5.41) is 1.88. The second kappa shape index (κ2) is 5.35. The molecule has 1 aromatic rings. The van der Waals surface area contributed by atoms with Crippen LogP contribution in [0.25, 0.3) is 0 Å². The molecule has 0 radical (unpaired) electrons. The lowest BCUT2D eigenvalue weighted by molar-refractivity contribution is 0.116. The van der Waals surface area contributed by atoms with Gasteiger partial charge >= 0.3 is 0 Å². The summed E-state index contributed by atoms with van der Waals surface area (Å²) >= 11 is 1.94. The number of piperazine rings is 1. The van der Waals surface area contributed by atoms with Crippen LogP contribution >= 0.6 is 11.8 Å². The van der Waals surface area contributed by atoms with Crippen LogP contribution < -0.4 is 0 Å². The van der Waals surface area contributed by atoms with Crippen LogP contribution in [0.4, 0.5) is 0 Å². The molecule has 4 heteroatoms. The van der Waals surface area contributed by atoms with Gasteiger partial charge in [-0.3, -0.25) is 4.90 Å². The number of fused-ring (bicyclic) bond motifs is 1. The maximum atomic E-state index is 4.40. The van der Waals surface area contributed by atoms with E-state index in [-0.39, 0.29) is 0 Å². The molecule has 2 aliphatic heterocycles. The SMILES string of the molecule is C=C1C(C)Sc2cccn2CC1N1CCN(C)CC1. The first kappa shape index (κ1) is 13.3. The Kier molecular flexibility index (Phi) is 3.74. The van der Waals surface area contributed by atoms with E-state index in [1.807, 2.05) is 11.8 Å². The molecule has 0 spiro atoms. The van der Waals surface area contributed by atoms with Gasteiger partial charge in [-0.05, 0) is 31.7 Å². The maximum absolute atomic E-state index is 4.40. The first-order valence-electron chi connectivity index (χ1n) is 7.08. The number of rotatable bonds is 1. The van der Waals surface area contributed by atoms with Crippen molar-refractivity contribution in [1.29, 1.82) is 0 Å². The fourth-order valence-electron chi connectivity index (χ4n) is 2.97. The normalized spacial score (nSPS) is 30.1. The van der Waals surface area contributed by atoms with E-state index in [1.165, 1.54) is 23.7 Å². The summed E-state index contributed by atoms with van der Waals surface area (Å²) in [7, 11) is 2.21. The molecule has 104 valence electrons. The highest BCUT2D eigenvalue weighted by atomic mass is 32.2. The van der Waals surface area contributed by atoms with E-state index < -0.39 is 0 Å². The van der Waals surface area contributed by atoms with Crippen LogP contribution in [0.3, 0.4) is 0 Å². The minimum atomic E-state index is 0.491. The summed E-state index contributed by atoms with van der Waals surface area (Å²) < 4.78 is 2.39. The smallest absolute Gasteiger partial charge is 0.0754 e. The largest absolute Gasteiger partial charge is 0.341 e. The second-order valence-electron chi connectivity index (χ2n) is 5.69. The molecular weight excluding hydrogens is 254 g/mol. The molecule has 0 bridgehead atoms. The Hall–Kier alpha value is -0.710. The fourth-order valence-corrected chi connectivity index (χ4v) is 4.07. The molecule has 3 rings (SSSR count). The minimum Gasteiger partial charge on any atom is -0.341 e. The Morgan fingerprint density at radius 2 is 2.00 bits per heavy atom. The third kappa shape index (κ3) is 2.62. The Labute approximate surface area is 120 Å². The van der Waals surface area contributed by atoms with Crippen LogP contribution in [0.1, 0.15) is 6.92 Å². The van der Waals surface area contributed by atoms with Crippen molar-refractivity contribution >= 4 is 11.8 Å². The first-order chi connectivity index (χ1) is 9.15. The van der Waals surface area contributed by atoms with Crippen LogP contribution in [0, 0.1) is 0 Å². The summed E-state index contributed by atoms with van der Waals surface area (Å²) in [6, 6.07) is 4.87. The molecule has 1 aromatic heterocycles. The average molecular weight is 277 g/mol. The Morgan fingerprint density at radius 3 is 2.74 bits per heavy atom. The number of aromatic nitrogens is 1. The van der Waals surface area contributed by atoms with E-state index in [4.69, 9.17) is 0 Å². The maximum Gasteiger partial charge on any atom is 0.0754 e. The number of hydrogen-bond acceptors (Lipinski definition) is 3. The highest BCUT2D eigenvalue weighted by molar-refractivity contribution is 8.00. The number of thioether (sulfide) groups is 1. The Bertz CT molecular complexity index is 460. The highest BCUT2D eigenvalue weighted by Crippen LogP contribution is 2.34. The molecule has 1 fully saturated rings. The Morgan fingerprint density at radius 1 is 1.26 bits per heavy atom. The van der Waals surface area contributed by atoms with Crippen LogP contribution in [-0.4, -0.2) is 58.9 Å². The molecule has 3 nitrogen and oxygen atoms in total. The van der Waals surface area contributed by atoms with E-state index in [2.05, 4.69) is 53.2 Å². The highest BCUT2D eigenvalue weighted by Gasteiger charge is 2.30. The van der Waals surface area contributed by atoms with Gasteiger partial charge in [0.15, 0.2) is 0 Å². The van der Waals surface area contributed by atoms with Crippen molar-refractivity contribution in [2.24, 2.45) is 0 Å². The van der Waals surface area contributed by atoms with Gasteiger partial charge in [0.1, 0.15) is 0 Å². The van der Waals surface area contributed by atoms with E-state index in [9.17, 15) is 0 Å². The number of nitrogens with zero attached hydrogens (tertiary/aromatic N) is 3. The zero-order chi connectivity index (χ0) is 13.4. The standard InChI is InChI=1S/C15H23N3S/c1-12-13(2)19-15-5-4-6-18(15)11-14(12)17-9-7-16(3)8-10-17/h4-6,13-14H,1,7-11H2,2-3H3. The molecular formula is C15H23N3S. The summed E-state index contributed by atoms with van der Waals surface area (Å²) in [6.45, 7) is 12.4. The molecule has 19 heavy (non-hydrogen) atoms. The van der Waals surface area contributed by atoms with Gasteiger partial charge in [0.25, 0.3) is 0 Å². The molecule has 0 amide bonds. The minimum absolute atomic E-state index is 0.491. The van der Waals surface area contributed by atoms with Crippen LogP contribution in [-0.2, 0) is 6.54 Å². The molecule has 0 saturated carbocycles. The molecule has 2 unspecified atom stereocenters. The molecule has 3 heterocycles. The Balaban J connectivity index is 1.81. The molecule has 0 aliphatic carbocycles.